The second-order valence-electron chi connectivity index (χ2n) is 37.0. The predicted octanol–water partition coefficient (Wildman–Crippen LogP) is 38.0. The zero-order valence-corrected chi connectivity index (χ0v) is 79.7. The quantitative estimate of drug-likeness (QED) is 0.0856. The molecule has 26 aromatic rings. The molecule has 23 aromatic carbocycles. The minimum Gasteiger partial charge on any atom is -0.310 e. The summed E-state index contributed by atoms with van der Waals surface area (Å²) in [6, 6.07) is 199. The fraction of sp³-hybridized carbons (Fsp3) is 0.0219. The van der Waals surface area contributed by atoms with Crippen LogP contribution in [0.5, 0.6) is 0 Å². The highest BCUT2D eigenvalue weighted by molar-refractivity contribution is 6.15. The van der Waals surface area contributed by atoms with E-state index in [0.717, 1.165) is 51.2 Å². The van der Waals surface area contributed by atoms with Crippen molar-refractivity contribution in [3.8, 4) is 83.8 Å². The largest absolute Gasteiger partial charge is 0.310 e. The summed E-state index contributed by atoms with van der Waals surface area (Å²) in [6.07, 6.45) is 0. The highest BCUT2D eigenvalue weighted by Gasteiger charge is 2.25. The van der Waals surface area contributed by atoms with Crippen LogP contribution in [0, 0.1) is 20.8 Å². The topological polar surface area (TPSA) is 24.5 Å². The Labute approximate surface area is 833 Å². The Morgan fingerprint density at radius 2 is 0.413 bits per heavy atom. The lowest BCUT2D eigenvalue weighted by molar-refractivity contribution is 1.18. The average Bonchev–Trinajstić information content (AvgIpc) is 1.61. The zero-order valence-electron chi connectivity index (χ0n) is 79.7. The van der Waals surface area contributed by atoms with E-state index in [2.05, 4.69) is 601 Å². The molecule has 0 aliphatic rings. The third kappa shape index (κ3) is 17.1. The summed E-state index contributed by atoms with van der Waals surface area (Å²) in [5, 5.41) is 12.4. The molecule has 0 saturated heterocycles. The minimum absolute atomic E-state index is 1.12. The van der Waals surface area contributed by atoms with Gasteiger partial charge in [-0.2, -0.15) is 0 Å². The van der Waals surface area contributed by atoms with Crippen LogP contribution in [0.3, 0.4) is 0 Å². The standard InChI is InChI=1S/2C47H34N2.C43H32N2/c1-33-13-10-18-39(31-33)48(38-28-25-35(26-29-38)34-14-4-2-5-15-34)45-24-12-21-41-40(20-11-22-42(41)45)36-27-30-47-44(32-36)43-19-8-9-23-46(43)49(47)37-16-6-3-7-17-37;1-33-11-10-16-42(29-33)48(41-25-21-35(22-26-41)34-12-4-2-5-13-34)43-27-23-37-30-36(19-20-38(37)31-43)39-24-28-47-45(32-39)44-17-8-9-18-46(44)49(47)40-14-6-3-7-15-40;1-31-13-12-18-37(29-31)44(36-26-23-33(24-27-36)32-14-4-2-5-15-32)41-21-10-8-19-38(41)34-25-28-43-40(30-34)39-20-9-11-22-42(39)45(43)35-16-6-3-7-17-35/h2*2-32H,1H3;2-30H,1H3. The van der Waals surface area contributed by atoms with Crippen molar-refractivity contribution in [2.24, 2.45) is 0 Å². The summed E-state index contributed by atoms with van der Waals surface area (Å²) in [5.74, 6) is 0. The van der Waals surface area contributed by atoms with Crippen molar-refractivity contribution in [2.45, 2.75) is 20.8 Å². The second-order valence-corrected chi connectivity index (χ2v) is 37.0. The maximum absolute atomic E-state index is 2.39. The van der Waals surface area contributed by atoms with E-state index < -0.39 is 0 Å². The highest BCUT2D eigenvalue weighted by atomic mass is 15.2. The predicted molar refractivity (Wildman–Crippen MR) is 608 cm³/mol. The Hall–Kier alpha value is -18.6. The SMILES string of the molecule is Cc1cccc(N(c2ccc(-c3ccccc3)cc2)c2ccc3cc(-c4ccc5c(c4)c4ccccc4n5-c4ccccc4)ccc3c2)c1.Cc1cccc(N(c2ccc(-c3ccccc3)cc2)c2cccc3c(-c4ccc5c(c4)c4ccccc4n5-c4ccccc4)cccc23)c1.Cc1cccc(N(c2ccc(-c3ccccc3)cc2)c2ccccc2-c2ccc3c(c2)c2ccccc2n3-c2ccccc2)c1. The number of nitrogens with zero attached hydrogens (tertiary/aromatic N) is 6. The van der Waals surface area contributed by atoms with E-state index in [-0.39, 0.29) is 0 Å². The molecule has 0 amide bonds. The van der Waals surface area contributed by atoms with Gasteiger partial charge in [-0.3, -0.25) is 0 Å². The van der Waals surface area contributed by atoms with Crippen LogP contribution in [0.1, 0.15) is 16.7 Å². The van der Waals surface area contributed by atoms with Crippen LogP contribution in [0.25, 0.3) is 171 Å². The van der Waals surface area contributed by atoms with E-state index in [1.54, 1.807) is 0 Å². The van der Waals surface area contributed by atoms with E-state index in [1.165, 1.54) is 187 Å². The number of aromatic nitrogens is 3. The van der Waals surface area contributed by atoms with Gasteiger partial charge in [0.2, 0.25) is 0 Å². The van der Waals surface area contributed by atoms with Crippen molar-refractivity contribution in [3.05, 3.63) is 569 Å². The first-order valence-electron chi connectivity index (χ1n) is 49.2. The number of fused-ring (bicyclic) bond motifs is 11. The number of hydrogen-bond acceptors (Lipinski definition) is 3. The normalized spacial score (nSPS) is 11.3. The molecule has 0 spiro atoms. The highest BCUT2D eigenvalue weighted by Crippen LogP contribution is 2.49. The Morgan fingerprint density at radius 1 is 0.140 bits per heavy atom. The van der Waals surface area contributed by atoms with Crippen LogP contribution in [0.4, 0.5) is 51.2 Å². The Kier molecular flexibility index (Phi) is 23.4. The fourth-order valence-corrected chi connectivity index (χ4v) is 21.1. The molecular weight excluding hydrogens is 1730 g/mol. The molecule has 3 aromatic heterocycles. The lowest BCUT2D eigenvalue weighted by Crippen LogP contribution is -2.11. The summed E-state index contributed by atoms with van der Waals surface area (Å²) >= 11 is 0. The molecule has 0 aliphatic heterocycles. The molecule has 6 heteroatoms. The Bertz CT molecular complexity index is 9150. The molecular formula is C137H100N6. The molecule has 0 bridgehead atoms. The van der Waals surface area contributed by atoms with Crippen LogP contribution in [-0.4, -0.2) is 13.7 Å². The van der Waals surface area contributed by atoms with Crippen molar-refractivity contribution < 1.29 is 0 Å². The van der Waals surface area contributed by atoms with Gasteiger partial charge in [-0.15, -0.1) is 0 Å². The zero-order chi connectivity index (χ0) is 95.6. The maximum atomic E-state index is 2.39. The smallest absolute Gasteiger partial charge is 0.0541 e. The molecule has 26 rings (SSSR count). The molecule has 143 heavy (non-hydrogen) atoms. The third-order valence-electron chi connectivity index (χ3n) is 27.9. The Morgan fingerprint density at radius 3 is 0.860 bits per heavy atom. The molecule has 0 radical (unpaired) electrons. The van der Waals surface area contributed by atoms with Crippen LogP contribution >= 0.6 is 0 Å². The summed E-state index contributed by atoms with van der Waals surface area (Å²) in [4.78, 5) is 7.13. The number of aryl methyl sites for hydroxylation is 3. The van der Waals surface area contributed by atoms with Gasteiger partial charge in [-0.25, -0.2) is 0 Å². The van der Waals surface area contributed by atoms with Crippen molar-refractivity contribution in [2.75, 3.05) is 14.7 Å². The van der Waals surface area contributed by atoms with Gasteiger partial charge in [0.25, 0.3) is 0 Å². The van der Waals surface area contributed by atoms with Crippen LogP contribution in [-0.2, 0) is 0 Å². The molecule has 3 heterocycles. The Balaban J connectivity index is 0.000000116. The number of hydrogen-bond donors (Lipinski definition) is 0. The van der Waals surface area contributed by atoms with Gasteiger partial charge < -0.3 is 28.4 Å². The van der Waals surface area contributed by atoms with Gasteiger partial charge in [-0.1, -0.05) is 358 Å². The van der Waals surface area contributed by atoms with Gasteiger partial charge in [-0.05, 0) is 309 Å². The first-order chi connectivity index (χ1) is 70.7. The van der Waals surface area contributed by atoms with Gasteiger partial charge in [0.05, 0.1) is 44.5 Å². The fourth-order valence-electron chi connectivity index (χ4n) is 21.1. The molecule has 0 aliphatic carbocycles. The van der Waals surface area contributed by atoms with Crippen molar-refractivity contribution in [1.82, 2.24) is 13.7 Å². The van der Waals surface area contributed by atoms with Crippen LogP contribution < -0.4 is 14.7 Å². The van der Waals surface area contributed by atoms with Gasteiger partial charge >= 0.3 is 0 Å². The molecule has 678 valence electrons. The van der Waals surface area contributed by atoms with Crippen molar-refractivity contribution >= 4 is 138 Å². The summed E-state index contributed by atoms with van der Waals surface area (Å²) in [5.41, 5.74) is 39.2. The summed E-state index contributed by atoms with van der Waals surface area (Å²) in [6.45, 7) is 6.47. The van der Waals surface area contributed by atoms with Gasteiger partial charge in [0, 0.05) is 100 Å². The first kappa shape index (κ1) is 87.2. The lowest BCUT2D eigenvalue weighted by Gasteiger charge is -2.28. The molecule has 6 nitrogen and oxygen atoms in total. The maximum Gasteiger partial charge on any atom is 0.0541 e. The van der Waals surface area contributed by atoms with Crippen LogP contribution in [0.2, 0.25) is 0 Å². The molecule has 0 saturated carbocycles. The van der Waals surface area contributed by atoms with E-state index in [1.807, 2.05) is 0 Å². The average molecular weight is 1830 g/mol. The lowest BCUT2D eigenvalue weighted by atomic mass is 9.95. The number of benzene rings is 23. The number of anilines is 9. The summed E-state index contributed by atoms with van der Waals surface area (Å²) < 4.78 is 7.11. The summed E-state index contributed by atoms with van der Waals surface area (Å²) in [7, 11) is 0. The number of rotatable bonds is 18. The van der Waals surface area contributed by atoms with Crippen molar-refractivity contribution in [3.63, 3.8) is 0 Å². The van der Waals surface area contributed by atoms with Gasteiger partial charge in [0.15, 0.2) is 0 Å². The van der Waals surface area contributed by atoms with E-state index in [4.69, 9.17) is 0 Å². The first-order valence-corrected chi connectivity index (χ1v) is 49.2. The monoisotopic (exact) mass is 1830 g/mol. The third-order valence-corrected chi connectivity index (χ3v) is 27.9. The number of para-hydroxylation sites is 7. The van der Waals surface area contributed by atoms with Crippen LogP contribution in [0.15, 0.2) is 552 Å². The molecule has 0 atom stereocenters. The van der Waals surface area contributed by atoms with E-state index >= 15 is 0 Å². The molecule has 0 unspecified atom stereocenters. The molecule has 0 fully saturated rings. The van der Waals surface area contributed by atoms with Gasteiger partial charge in [0.1, 0.15) is 0 Å². The second kappa shape index (κ2) is 38.4. The van der Waals surface area contributed by atoms with Crippen molar-refractivity contribution in [1.29, 1.82) is 0 Å². The molecule has 0 N–H and O–H groups in total. The van der Waals surface area contributed by atoms with E-state index in [9.17, 15) is 0 Å². The minimum atomic E-state index is 1.12. The van der Waals surface area contributed by atoms with E-state index in [0.29, 0.717) is 0 Å².